The molecule has 1 aliphatic rings. The summed E-state index contributed by atoms with van der Waals surface area (Å²) in [6.07, 6.45) is 2.67. The molecule has 25 heavy (non-hydrogen) atoms. The number of halogens is 1. The van der Waals surface area contributed by atoms with Crippen molar-refractivity contribution in [3.8, 4) is 11.3 Å². The molecule has 0 radical (unpaired) electrons. The molecule has 6 heteroatoms. The van der Waals surface area contributed by atoms with Gasteiger partial charge in [-0.25, -0.2) is 14.4 Å². The molecule has 3 heterocycles. The minimum atomic E-state index is -0.241. The fourth-order valence-electron chi connectivity index (χ4n) is 3.10. The van der Waals surface area contributed by atoms with Crippen LogP contribution in [0.4, 0.5) is 10.3 Å². The lowest BCUT2D eigenvalue weighted by Gasteiger charge is -2.27. The van der Waals surface area contributed by atoms with E-state index >= 15 is 0 Å². The standard InChI is InChI=1S/C19H18FN5/c20-15-6-4-13(5-7-15)17-3-1-2-16(23-17)12-25-9-8-18-14(11-25)10-22-19(21)24-18/h1-7,10H,8-9,11-12H2,(H2,21,22,24). The van der Waals surface area contributed by atoms with Crippen LogP contribution < -0.4 is 5.73 Å². The van der Waals surface area contributed by atoms with Gasteiger partial charge in [-0.2, -0.15) is 0 Å². The average Bonchev–Trinajstić information content (AvgIpc) is 2.63. The Morgan fingerprint density at radius 2 is 1.92 bits per heavy atom. The third kappa shape index (κ3) is 3.49. The highest BCUT2D eigenvalue weighted by atomic mass is 19.1. The number of nitrogens with two attached hydrogens (primary N) is 1. The van der Waals surface area contributed by atoms with E-state index in [4.69, 9.17) is 10.7 Å². The van der Waals surface area contributed by atoms with Crippen LogP contribution in [0.1, 0.15) is 17.0 Å². The molecule has 5 nitrogen and oxygen atoms in total. The number of nitrogens with zero attached hydrogens (tertiary/aromatic N) is 4. The molecule has 1 aliphatic heterocycles. The van der Waals surface area contributed by atoms with Crippen LogP contribution in [0.15, 0.2) is 48.7 Å². The van der Waals surface area contributed by atoms with Crippen LogP contribution in [0.3, 0.4) is 0 Å². The molecule has 2 aromatic heterocycles. The Labute approximate surface area is 145 Å². The van der Waals surface area contributed by atoms with Gasteiger partial charge in [0.15, 0.2) is 0 Å². The number of nitrogen functional groups attached to an aromatic ring is 1. The maximum Gasteiger partial charge on any atom is 0.220 e. The summed E-state index contributed by atoms with van der Waals surface area (Å²) in [5.41, 5.74) is 10.6. The van der Waals surface area contributed by atoms with Crippen molar-refractivity contribution < 1.29 is 4.39 Å². The molecule has 0 spiro atoms. The Bertz CT molecular complexity index is 895. The Balaban J connectivity index is 1.51. The van der Waals surface area contributed by atoms with Crippen molar-refractivity contribution in [1.29, 1.82) is 0 Å². The van der Waals surface area contributed by atoms with Gasteiger partial charge in [-0.3, -0.25) is 9.88 Å². The molecule has 0 unspecified atom stereocenters. The molecule has 126 valence electrons. The normalized spacial score (nSPS) is 14.3. The van der Waals surface area contributed by atoms with E-state index in [0.717, 1.165) is 54.3 Å². The van der Waals surface area contributed by atoms with Crippen LogP contribution in [-0.4, -0.2) is 26.4 Å². The van der Waals surface area contributed by atoms with Crippen LogP contribution in [0.25, 0.3) is 11.3 Å². The summed E-state index contributed by atoms with van der Waals surface area (Å²) in [5, 5.41) is 0. The van der Waals surface area contributed by atoms with E-state index in [0.29, 0.717) is 5.95 Å². The largest absolute Gasteiger partial charge is 0.368 e. The Kier molecular flexibility index (Phi) is 4.11. The lowest BCUT2D eigenvalue weighted by molar-refractivity contribution is 0.240. The third-order valence-corrected chi connectivity index (χ3v) is 4.36. The number of hydrogen-bond acceptors (Lipinski definition) is 5. The van der Waals surface area contributed by atoms with Crippen LogP contribution in [0.5, 0.6) is 0 Å². The van der Waals surface area contributed by atoms with Crippen molar-refractivity contribution in [2.75, 3.05) is 12.3 Å². The van der Waals surface area contributed by atoms with Gasteiger partial charge in [0.05, 0.1) is 17.1 Å². The maximum atomic E-state index is 13.1. The Hall–Kier alpha value is -2.86. The van der Waals surface area contributed by atoms with Crippen LogP contribution in [-0.2, 0) is 19.5 Å². The smallest absolute Gasteiger partial charge is 0.220 e. The minimum Gasteiger partial charge on any atom is -0.368 e. The van der Waals surface area contributed by atoms with Gasteiger partial charge in [-0.15, -0.1) is 0 Å². The van der Waals surface area contributed by atoms with Gasteiger partial charge in [-0.1, -0.05) is 6.07 Å². The van der Waals surface area contributed by atoms with Crippen molar-refractivity contribution in [1.82, 2.24) is 19.9 Å². The average molecular weight is 335 g/mol. The lowest BCUT2D eigenvalue weighted by atomic mass is 10.1. The first-order valence-corrected chi connectivity index (χ1v) is 8.22. The summed E-state index contributed by atoms with van der Waals surface area (Å²) in [6.45, 7) is 2.45. The van der Waals surface area contributed by atoms with E-state index in [1.165, 1.54) is 12.1 Å². The summed E-state index contributed by atoms with van der Waals surface area (Å²) in [6, 6.07) is 12.4. The molecule has 4 rings (SSSR count). The summed E-state index contributed by atoms with van der Waals surface area (Å²) >= 11 is 0. The number of pyridine rings is 1. The second-order valence-electron chi connectivity index (χ2n) is 6.18. The molecule has 2 N–H and O–H groups in total. The number of benzene rings is 1. The van der Waals surface area contributed by atoms with Crippen LogP contribution in [0.2, 0.25) is 0 Å². The van der Waals surface area contributed by atoms with Gasteiger partial charge < -0.3 is 5.73 Å². The van der Waals surface area contributed by atoms with Gasteiger partial charge in [0.25, 0.3) is 0 Å². The monoisotopic (exact) mass is 335 g/mol. The zero-order chi connectivity index (χ0) is 17.2. The highest BCUT2D eigenvalue weighted by molar-refractivity contribution is 5.58. The topological polar surface area (TPSA) is 67.9 Å². The number of hydrogen-bond donors (Lipinski definition) is 1. The van der Waals surface area contributed by atoms with Gasteiger partial charge in [0.1, 0.15) is 5.82 Å². The van der Waals surface area contributed by atoms with Gasteiger partial charge in [0.2, 0.25) is 5.95 Å². The summed E-state index contributed by atoms with van der Waals surface area (Å²) in [4.78, 5) is 15.4. The molecule has 0 saturated heterocycles. The van der Waals surface area contributed by atoms with Crippen molar-refractivity contribution in [3.63, 3.8) is 0 Å². The minimum absolute atomic E-state index is 0.241. The predicted molar refractivity (Wildman–Crippen MR) is 93.9 cm³/mol. The molecular formula is C19H18FN5. The lowest BCUT2D eigenvalue weighted by Crippen LogP contribution is -2.31. The van der Waals surface area contributed by atoms with E-state index in [-0.39, 0.29) is 5.82 Å². The zero-order valence-corrected chi connectivity index (χ0v) is 13.7. The molecule has 0 atom stereocenters. The van der Waals surface area contributed by atoms with Crippen molar-refractivity contribution in [3.05, 3.63) is 71.4 Å². The van der Waals surface area contributed by atoms with Crippen LogP contribution >= 0.6 is 0 Å². The fourth-order valence-corrected chi connectivity index (χ4v) is 3.10. The first kappa shape index (κ1) is 15.7. The molecular weight excluding hydrogens is 317 g/mol. The summed E-state index contributed by atoms with van der Waals surface area (Å²) < 4.78 is 13.1. The van der Waals surface area contributed by atoms with Crippen molar-refractivity contribution in [2.45, 2.75) is 19.5 Å². The molecule has 0 saturated carbocycles. The van der Waals surface area contributed by atoms with E-state index in [9.17, 15) is 4.39 Å². The molecule has 0 aliphatic carbocycles. The zero-order valence-electron chi connectivity index (χ0n) is 13.7. The fraction of sp³-hybridized carbons (Fsp3) is 0.211. The Morgan fingerprint density at radius 3 is 2.76 bits per heavy atom. The molecule has 0 bridgehead atoms. The van der Waals surface area contributed by atoms with E-state index in [2.05, 4.69) is 14.9 Å². The summed E-state index contributed by atoms with van der Waals surface area (Å²) in [5.74, 6) is 0.0932. The number of fused-ring (bicyclic) bond motifs is 1. The summed E-state index contributed by atoms with van der Waals surface area (Å²) in [7, 11) is 0. The Morgan fingerprint density at radius 1 is 1.08 bits per heavy atom. The number of aromatic nitrogens is 3. The van der Waals surface area contributed by atoms with E-state index in [1.807, 2.05) is 24.4 Å². The molecule has 1 aromatic carbocycles. The van der Waals surface area contributed by atoms with Crippen molar-refractivity contribution in [2.24, 2.45) is 0 Å². The second kappa shape index (κ2) is 6.57. The van der Waals surface area contributed by atoms with Crippen molar-refractivity contribution >= 4 is 5.95 Å². The van der Waals surface area contributed by atoms with Gasteiger partial charge in [-0.05, 0) is 36.4 Å². The molecule has 0 fully saturated rings. The first-order chi connectivity index (χ1) is 12.2. The highest BCUT2D eigenvalue weighted by Gasteiger charge is 2.18. The quantitative estimate of drug-likeness (QED) is 0.797. The maximum absolute atomic E-state index is 13.1. The molecule has 0 amide bonds. The highest BCUT2D eigenvalue weighted by Crippen LogP contribution is 2.21. The third-order valence-electron chi connectivity index (χ3n) is 4.36. The SMILES string of the molecule is Nc1ncc2c(n1)CCN(Cc1cccc(-c3ccc(F)cc3)n1)C2. The number of rotatable bonds is 3. The van der Waals surface area contributed by atoms with E-state index in [1.54, 1.807) is 12.1 Å². The number of anilines is 1. The molecule has 3 aromatic rings. The first-order valence-electron chi connectivity index (χ1n) is 8.22. The van der Waals surface area contributed by atoms with E-state index < -0.39 is 0 Å². The predicted octanol–water partition coefficient (Wildman–Crippen LogP) is 2.82. The van der Waals surface area contributed by atoms with Gasteiger partial charge >= 0.3 is 0 Å². The van der Waals surface area contributed by atoms with Gasteiger partial charge in [0, 0.05) is 43.4 Å². The second-order valence-corrected chi connectivity index (χ2v) is 6.18. The van der Waals surface area contributed by atoms with Crippen LogP contribution in [0, 0.1) is 5.82 Å².